The molecule has 0 heterocycles. The maximum Gasteiger partial charge on any atom is 0.0991 e. The van der Waals surface area contributed by atoms with Crippen LogP contribution in [0.1, 0.15) is 36.5 Å². The van der Waals surface area contributed by atoms with E-state index in [1.54, 1.807) is 6.07 Å². The van der Waals surface area contributed by atoms with Gasteiger partial charge in [-0.15, -0.1) is 0 Å². The average molecular weight is 158 g/mol. The molecular weight excluding hydrogens is 146 g/mol. The fraction of sp³-hybridized carbons (Fsp3) is 0.273. The number of nitriles is 1. The Morgan fingerprint density at radius 2 is 2.08 bits per heavy atom. The third-order valence-corrected chi connectivity index (χ3v) is 1.90. The summed E-state index contributed by atoms with van der Waals surface area (Å²) in [5.74, 6) is 0.436. The Morgan fingerprint density at radius 1 is 1.42 bits per heavy atom. The molecule has 0 aromatic heterocycles. The fourth-order valence-electron chi connectivity index (χ4n) is 1.20. The van der Waals surface area contributed by atoms with Crippen LogP contribution >= 0.6 is 0 Å². The van der Waals surface area contributed by atoms with Gasteiger partial charge in [0.25, 0.3) is 0 Å². The van der Waals surface area contributed by atoms with Crippen molar-refractivity contribution in [2.24, 2.45) is 0 Å². The molecule has 61 valence electrons. The van der Waals surface area contributed by atoms with Gasteiger partial charge in [-0.05, 0) is 36.1 Å². The normalized spacial score (nSPS) is 9.92. The summed E-state index contributed by atoms with van der Waals surface area (Å²) in [5, 5.41) is 8.66. The molecule has 1 rings (SSSR count). The van der Waals surface area contributed by atoms with Gasteiger partial charge in [0.15, 0.2) is 0 Å². The highest BCUT2D eigenvalue weighted by molar-refractivity contribution is 5.40. The first kappa shape index (κ1) is 8.80. The lowest BCUT2D eigenvalue weighted by atomic mass is 9.96. The molecule has 0 saturated heterocycles. The molecule has 0 N–H and O–H groups in total. The lowest BCUT2D eigenvalue weighted by Crippen LogP contribution is -1.92. The molecule has 0 aliphatic carbocycles. The van der Waals surface area contributed by atoms with Gasteiger partial charge in [0.1, 0.15) is 0 Å². The monoisotopic (exact) mass is 158 g/mol. The number of benzene rings is 1. The van der Waals surface area contributed by atoms with Gasteiger partial charge in [-0.1, -0.05) is 19.9 Å². The summed E-state index contributed by atoms with van der Waals surface area (Å²) in [4.78, 5) is 0. The second-order valence-electron chi connectivity index (χ2n) is 3.18. The van der Waals surface area contributed by atoms with E-state index in [9.17, 15) is 0 Å². The first-order chi connectivity index (χ1) is 5.65. The minimum atomic E-state index is 0.436. The molecule has 0 spiro atoms. The molecule has 0 saturated carbocycles. The van der Waals surface area contributed by atoms with Crippen LogP contribution in [-0.2, 0) is 0 Å². The lowest BCUT2D eigenvalue weighted by Gasteiger charge is -2.08. The van der Waals surface area contributed by atoms with Crippen LogP contribution in [0.2, 0.25) is 0 Å². The first-order valence-corrected chi connectivity index (χ1v) is 4.01. The molecule has 12 heavy (non-hydrogen) atoms. The minimum Gasteiger partial charge on any atom is -0.192 e. The van der Waals surface area contributed by atoms with Crippen molar-refractivity contribution in [3.05, 3.63) is 41.8 Å². The molecule has 0 amide bonds. The van der Waals surface area contributed by atoms with Crippen LogP contribution in [0.3, 0.4) is 0 Å². The molecule has 0 fully saturated rings. The molecule has 0 bridgehead atoms. The zero-order valence-electron chi connectivity index (χ0n) is 7.46. The standard InChI is InChI=1S/C11H12N/c1-8(2)11-6-10(7-12)5-4-9(11)3/h4-6,8H,3H2,1-2H3. The van der Waals surface area contributed by atoms with Crippen LogP contribution in [0.4, 0.5) is 0 Å². The molecule has 0 aliphatic rings. The highest BCUT2D eigenvalue weighted by Gasteiger charge is 2.03. The predicted octanol–water partition coefficient (Wildman–Crippen LogP) is 2.86. The van der Waals surface area contributed by atoms with Gasteiger partial charge in [0, 0.05) is 0 Å². The highest BCUT2D eigenvalue weighted by Crippen LogP contribution is 2.19. The smallest absolute Gasteiger partial charge is 0.0991 e. The SMILES string of the molecule is [CH2]c1ccc(C#N)cc1C(C)C. The third-order valence-electron chi connectivity index (χ3n) is 1.90. The maximum atomic E-state index is 8.66. The summed E-state index contributed by atoms with van der Waals surface area (Å²) in [5.41, 5.74) is 2.89. The van der Waals surface area contributed by atoms with Crippen molar-refractivity contribution in [2.75, 3.05) is 0 Å². The Bertz CT molecular complexity index is 318. The van der Waals surface area contributed by atoms with E-state index in [0.29, 0.717) is 11.5 Å². The third kappa shape index (κ3) is 1.65. The average Bonchev–Trinajstić information content (AvgIpc) is 2.05. The van der Waals surface area contributed by atoms with Crippen molar-refractivity contribution in [3.8, 4) is 6.07 Å². The molecule has 0 unspecified atom stereocenters. The molecule has 1 heteroatoms. The van der Waals surface area contributed by atoms with Gasteiger partial charge in [-0.25, -0.2) is 0 Å². The summed E-state index contributed by atoms with van der Waals surface area (Å²) in [6.07, 6.45) is 0. The molecule has 0 atom stereocenters. The van der Waals surface area contributed by atoms with E-state index >= 15 is 0 Å². The van der Waals surface area contributed by atoms with Crippen molar-refractivity contribution >= 4 is 0 Å². The number of hydrogen-bond acceptors (Lipinski definition) is 1. The highest BCUT2D eigenvalue weighted by atomic mass is 14.2. The van der Waals surface area contributed by atoms with E-state index in [0.717, 1.165) is 11.1 Å². The Labute approximate surface area is 73.6 Å². The minimum absolute atomic E-state index is 0.436. The van der Waals surface area contributed by atoms with Crippen LogP contribution in [0.5, 0.6) is 0 Å². The van der Waals surface area contributed by atoms with Crippen molar-refractivity contribution < 1.29 is 0 Å². The second-order valence-corrected chi connectivity index (χ2v) is 3.18. The van der Waals surface area contributed by atoms with Gasteiger partial charge in [0.05, 0.1) is 11.6 Å². The largest absolute Gasteiger partial charge is 0.192 e. The zero-order chi connectivity index (χ0) is 9.14. The van der Waals surface area contributed by atoms with Gasteiger partial charge < -0.3 is 0 Å². The van der Waals surface area contributed by atoms with E-state index in [4.69, 9.17) is 5.26 Å². The molecule has 1 aromatic carbocycles. The quantitative estimate of drug-likeness (QED) is 0.616. The molecule has 0 aliphatic heterocycles. The Kier molecular flexibility index (Phi) is 2.50. The lowest BCUT2D eigenvalue weighted by molar-refractivity contribution is 0.861. The number of rotatable bonds is 1. The van der Waals surface area contributed by atoms with Gasteiger partial charge >= 0.3 is 0 Å². The predicted molar refractivity (Wildman–Crippen MR) is 49.7 cm³/mol. The Morgan fingerprint density at radius 3 is 2.58 bits per heavy atom. The van der Waals surface area contributed by atoms with Gasteiger partial charge in [-0.2, -0.15) is 5.26 Å². The molecular formula is C11H12N. The van der Waals surface area contributed by atoms with Crippen LogP contribution in [-0.4, -0.2) is 0 Å². The maximum absolute atomic E-state index is 8.66. The van der Waals surface area contributed by atoms with Crippen LogP contribution < -0.4 is 0 Å². The van der Waals surface area contributed by atoms with E-state index in [1.165, 1.54) is 0 Å². The topological polar surface area (TPSA) is 23.8 Å². The zero-order valence-corrected chi connectivity index (χ0v) is 7.46. The van der Waals surface area contributed by atoms with Crippen LogP contribution in [0.15, 0.2) is 18.2 Å². The summed E-state index contributed by atoms with van der Waals surface area (Å²) in [6, 6.07) is 7.73. The van der Waals surface area contributed by atoms with Crippen molar-refractivity contribution in [2.45, 2.75) is 19.8 Å². The Hall–Kier alpha value is -1.29. The number of hydrogen-bond donors (Lipinski definition) is 0. The summed E-state index contributed by atoms with van der Waals surface area (Å²) < 4.78 is 0. The molecule has 1 nitrogen and oxygen atoms in total. The van der Waals surface area contributed by atoms with E-state index in [1.807, 2.05) is 12.1 Å². The van der Waals surface area contributed by atoms with Gasteiger partial charge in [-0.3, -0.25) is 0 Å². The Balaban J connectivity index is 3.19. The summed E-state index contributed by atoms with van der Waals surface area (Å²) in [6.45, 7) is 8.11. The fourth-order valence-corrected chi connectivity index (χ4v) is 1.20. The van der Waals surface area contributed by atoms with Crippen molar-refractivity contribution in [1.82, 2.24) is 0 Å². The van der Waals surface area contributed by atoms with E-state index < -0.39 is 0 Å². The second kappa shape index (κ2) is 3.40. The number of nitrogens with zero attached hydrogens (tertiary/aromatic N) is 1. The van der Waals surface area contributed by atoms with Crippen LogP contribution in [0, 0.1) is 18.3 Å². The molecule has 1 aromatic rings. The first-order valence-electron chi connectivity index (χ1n) is 4.01. The van der Waals surface area contributed by atoms with E-state index in [-0.39, 0.29) is 0 Å². The summed E-state index contributed by atoms with van der Waals surface area (Å²) >= 11 is 0. The van der Waals surface area contributed by atoms with Gasteiger partial charge in [0.2, 0.25) is 0 Å². The summed E-state index contributed by atoms with van der Waals surface area (Å²) in [7, 11) is 0. The van der Waals surface area contributed by atoms with E-state index in [2.05, 4.69) is 26.8 Å². The van der Waals surface area contributed by atoms with Crippen LogP contribution in [0.25, 0.3) is 0 Å². The molecule has 1 radical (unpaired) electrons. The van der Waals surface area contributed by atoms with Crippen molar-refractivity contribution in [1.29, 1.82) is 5.26 Å². The van der Waals surface area contributed by atoms with Crippen molar-refractivity contribution in [3.63, 3.8) is 0 Å².